The number of carbonyl (C=O) groups is 1. The third-order valence-corrected chi connectivity index (χ3v) is 5.70. The van der Waals surface area contributed by atoms with E-state index in [1.165, 1.54) is 31.1 Å². The highest BCUT2D eigenvalue weighted by molar-refractivity contribution is 7.20. The summed E-state index contributed by atoms with van der Waals surface area (Å²) in [5.74, 6) is 1.09. The van der Waals surface area contributed by atoms with Gasteiger partial charge in [0.15, 0.2) is 11.5 Å². The van der Waals surface area contributed by atoms with Crippen molar-refractivity contribution >= 4 is 33.3 Å². The number of para-hydroxylation sites is 1. The number of thiazole rings is 1. The van der Waals surface area contributed by atoms with Crippen molar-refractivity contribution in [3.63, 3.8) is 0 Å². The number of methoxy groups -OCH3 is 2. The van der Waals surface area contributed by atoms with Gasteiger partial charge in [-0.3, -0.25) is 4.79 Å². The van der Waals surface area contributed by atoms with Crippen molar-refractivity contribution in [3.05, 3.63) is 58.8 Å². The fraction of sp³-hybridized carbons (Fsp3) is 0.227. The summed E-state index contributed by atoms with van der Waals surface area (Å²) in [7, 11) is 3.04. The van der Waals surface area contributed by atoms with Gasteiger partial charge in [0.05, 0.1) is 35.7 Å². The first-order valence-corrected chi connectivity index (χ1v) is 10.2. The average Bonchev–Trinajstić information content (AvgIpc) is 3.30. The van der Waals surface area contributed by atoms with Crippen molar-refractivity contribution in [2.75, 3.05) is 19.5 Å². The van der Waals surface area contributed by atoms with Gasteiger partial charge in [-0.2, -0.15) is 9.78 Å². The zero-order valence-corrected chi connectivity index (χ0v) is 18.3. The largest absolute Gasteiger partial charge is 0.493 e. The first kappa shape index (κ1) is 19.9. The van der Waals surface area contributed by atoms with E-state index in [2.05, 4.69) is 29.5 Å². The molecular formula is C22H22N4O3S. The molecule has 0 bridgehead atoms. The van der Waals surface area contributed by atoms with Gasteiger partial charge in [-0.05, 0) is 50.1 Å². The lowest BCUT2D eigenvalue weighted by molar-refractivity contribution is 0.102. The van der Waals surface area contributed by atoms with Crippen LogP contribution < -0.4 is 14.8 Å². The number of hydrogen-bond donors (Lipinski definition) is 1. The van der Waals surface area contributed by atoms with Crippen LogP contribution in [0.1, 0.15) is 27.2 Å². The number of aryl methyl sites for hydroxylation is 3. The van der Waals surface area contributed by atoms with Crippen LogP contribution in [0.4, 0.5) is 5.82 Å². The SMILES string of the molecule is COc1cccc(C(=O)Nc2cc(C)nn2-c2nc3c(C)cc(C)cc3s2)c1OC. The summed E-state index contributed by atoms with van der Waals surface area (Å²) in [6.45, 7) is 5.99. The molecule has 1 N–H and O–H groups in total. The molecule has 0 saturated carbocycles. The van der Waals surface area contributed by atoms with Crippen LogP contribution in [0.25, 0.3) is 15.3 Å². The molecule has 0 fully saturated rings. The van der Waals surface area contributed by atoms with E-state index >= 15 is 0 Å². The van der Waals surface area contributed by atoms with Crippen LogP contribution in [0.5, 0.6) is 11.5 Å². The molecule has 7 nitrogen and oxygen atoms in total. The van der Waals surface area contributed by atoms with Crippen LogP contribution in [0.15, 0.2) is 36.4 Å². The number of nitrogens with one attached hydrogen (secondary N) is 1. The molecule has 0 aliphatic rings. The van der Waals surface area contributed by atoms with E-state index in [4.69, 9.17) is 14.5 Å². The molecule has 2 aromatic carbocycles. The van der Waals surface area contributed by atoms with E-state index in [1.54, 1.807) is 22.9 Å². The molecule has 4 aromatic rings. The molecule has 0 atom stereocenters. The molecule has 0 saturated heterocycles. The van der Waals surface area contributed by atoms with Crippen LogP contribution >= 0.6 is 11.3 Å². The maximum Gasteiger partial charge on any atom is 0.260 e. The van der Waals surface area contributed by atoms with E-state index in [0.29, 0.717) is 28.0 Å². The first-order chi connectivity index (χ1) is 14.4. The van der Waals surface area contributed by atoms with Crippen molar-refractivity contribution in [2.45, 2.75) is 20.8 Å². The number of carbonyl (C=O) groups excluding carboxylic acids is 1. The van der Waals surface area contributed by atoms with E-state index < -0.39 is 0 Å². The number of nitrogens with zero attached hydrogens (tertiary/aromatic N) is 3. The standard InChI is InChI=1S/C22H22N4O3S/c1-12-9-13(2)19-17(10-12)30-22(24-19)26-18(11-14(3)25-26)23-21(27)15-7-6-8-16(28-4)20(15)29-5/h6-11H,1-5H3,(H,23,27). The second kappa shape index (κ2) is 7.79. The third kappa shape index (κ3) is 3.50. The van der Waals surface area contributed by atoms with E-state index in [1.807, 2.05) is 19.9 Å². The van der Waals surface area contributed by atoms with Crippen LogP contribution in [0.2, 0.25) is 0 Å². The number of aromatic nitrogens is 3. The first-order valence-electron chi connectivity index (χ1n) is 9.38. The van der Waals surface area contributed by atoms with Gasteiger partial charge >= 0.3 is 0 Å². The third-order valence-electron chi connectivity index (χ3n) is 4.72. The minimum atomic E-state index is -0.319. The molecule has 4 rings (SSSR count). The predicted molar refractivity (Wildman–Crippen MR) is 118 cm³/mol. The average molecular weight is 423 g/mol. The highest BCUT2D eigenvalue weighted by Crippen LogP contribution is 2.33. The molecule has 0 unspecified atom stereocenters. The molecule has 8 heteroatoms. The topological polar surface area (TPSA) is 78.3 Å². The Bertz CT molecular complexity index is 1260. The van der Waals surface area contributed by atoms with Crippen LogP contribution in [-0.4, -0.2) is 34.9 Å². The highest BCUT2D eigenvalue weighted by atomic mass is 32.1. The van der Waals surface area contributed by atoms with Crippen molar-refractivity contribution in [1.29, 1.82) is 0 Å². The van der Waals surface area contributed by atoms with Crippen molar-refractivity contribution in [2.24, 2.45) is 0 Å². The summed E-state index contributed by atoms with van der Waals surface area (Å²) in [6.07, 6.45) is 0. The number of ether oxygens (including phenoxy) is 2. The minimum Gasteiger partial charge on any atom is -0.493 e. The molecule has 2 aromatic heterocycles. The van der Waals surface area contributed by atoms with Gasteiger partial charge in [0.25, 0.3) is 5.91 Å². The maximum absolute atomic E-state index is 13.0. The molecular weight excluding hydrogens is 400 g/mol. The second-order valence-corrected chi connectivity index (χ2v) is 8.01. The Hall–Kier alpha value is -3.39. The van der Waals surface area contributed by atoms with Gasteiger partial charge in [0, 0.05) is 6.07 Å². The number of hydrogen-bond acceptors (Lipinski definition) is 6. The van der Waals surface area contributed by atoms with Crippen LogP contribution in [0, 0.1) is 20.8 Å². The van der Waals surface area contributed by atoms with Gasteiger partial charge in [0.1, 0.15) is 5.82 Å². The monoisotopic (exact) mass is 422 g/mol. The normalized spacial score (nSPS) is 11.0. The van der Waals surface area contributed by atoms with Gasteiger partial charge in [0.2, 0.25) is 5.13 Å². The molecule has 1 amide bonds. The van der Waals surface area contributed by atoms with E-state index in [-0.39, 0.29) is 5.91 Å². The minimum absolute atomic E-state index is 0.319. The molecule has 0 aliphatic heterocycles. The van der Waals surface area contributed by atoms with Gasteiger partial charge in [-0.15, -0.1) is 0 Å². The molecule has 0 spiro atoms. The highest BCUT2D eigenvalue weighted by Gasteiger charge is 2.20. The fourth-order valence-corrected chi connectivity index (χ4v) is 4.54. The van der Waals surface area contributed by atoms with Crippen molar-refractivity contribution in [1.82, 2.24) is 14.8 Å². The molecule has 30 heavy (non-hydrogen) atoms. The summed E-state index contributed by atoms with van der Waals surface area (Å²) in [5, 5.41) is 8.17. The van der Waals surface area contributed by atoms with Crippen molar-refractivity contribution < 1.29 is 14.3 Å². The van der Waals surface area contributed by atoms with Crippen molar-refractivity contribution in [3.8, 4) is 16.6 Å². The summed E-state index contributed by atoms with van der Waals surface area (Å²) in [5.41, 5.74) is 4.39. The van der Waals surface area contributed by atoms with Crippen LogP contribution in [-0.2, 0) is 0 Å². The molecule has 154 valence electrons. The van der Waals surface area contributed by atoms with E-state index in [0.717, 1.165) is 21.5 Å². The number of fused-ring (bicyclic) bond motifs is 1. The quantitative estimate of drug-likeness (QED) is 0.505. The number of rotatable bonds is 5. The Kier molecular flexibility index (Phi) is 5.17. The summed E-state index contributed by atoms with van der Waals surface area (Å²) in [6, 6.07) is 11.2. The lowest BCUT2D eigenvalue weighted by Crippen LogP contribution is -2.16. The molecule has 0 aliphatic carbocycles. The van der Waals surface area contributed by atoms with Gasteiger partial charge < -0.3 is 14.8 Å². The van der Waals surface area contributed by atoms with Gasteiger partial charge in [-0.1, -0.05) is 23.5 Å². The Labute approximate surface area is 178 Å². The summed E-state index contributed by atoms with van der Waals surface area (Å²) < 4.78 is 13.4. The number of benzene rings is 2. The Morgan fingerprint density at radius 1 is 1.10 bits per heavy atom. The maximum atomic E-state index is 13.0. The lowest BCUT2D eigenvalue weighted by Gasteiger charge is -2.12. The second-order valence-electron chi connectivity index (χ2n) is 7.00. The van der Waals surface area contributed by atoms with Gasteiger partial charge in [-0.25, -0.2) is 4.98 Å². The Morgan fingerprint density at radius 2 is 1.90 bits per heavy atom. The summed E-state index contributed by atoms with van der Waals surface area (Å²) >= 11 is 1.54. The number of amides is 1. The molecule has 2 heterocycles. The lowest BCUT2D eigenvalue weighted by atomic mass is 10.1. The fourth-order valence-electron chi connectivity index (χ4n) is 3.43. The molecule has 0 radical (unpaired) electrons. The predicted octanol–water partition coefficient (Wildman–Crippen LogP) is 4.68. The smallest absolute Gasteiger partial charge is 0.260 e. The van der Waals surface area contributed by atoms with E-state index in [9.17, 15) is 4.79 Å². The zero-order valence-electron chi connectivity index (χ0n) is 17.4. The zero-order chi connectivity index (χ0) is 21.4. The Balaban J connectivity index is 1.73. The number of anilines is 1. The Morgan fingerprint density at radius 3 is 2.63 bits per heavy atom. The van der Waals surface area contributed by atoms with Crippen LogP contribution in [0.3, 0.4) is 0 Å². The summed E-state index contributed by atoms with van der Waals surface area (Å²) in [4.78, 5) is 17.8.